The van der Waals surface area contributed by atoms with Crippen molar-refractivity contribution in [3.63, 3.8) is 0 Å². The summed E-state index contributed by atoms with van der Waals surface area (Å²) in [5.41, 5.74) is 6.03. The molecule has 1 aliphatic carbocycles. The average Bonchev–Trinajstić information content (AvgIpc) is 3.66. The number of rotatable bonds is 3. The van der Waals surface area contributed by atoms with Gasteiger partial charge in [0.1, 0.15) is 0 Å². The Kier molecular flexibility index (Phi) is 5.39. The Hall–Kier alpha value is -3.93. The van der Waals surface area contributed by atoms with Crippen molar-refractivity contribution < 1.29 is 18.9 Å². The van der Waals surface area contributed by atoms with Crippen LogP contribution in [0, 0.1) is 17.3 Å². The minimum atomic E-state index is 0.0622. The predicted octanol–water partition coefficient (Wildman–Crippen LogP) is 7.22. The smallest absolute Gasteiger partial charge is 0.231 e. The van der Waals surface area contributed by atoms with Crippen molar-refractivity contribution in [1.29, 1.82) is 0 Å². The minimum absolute atomic E-state index is 0.0622. The van der Waals surface area contributed by atoms with Crippen LogP contribution in [0.2, 0.25) is 0 Å². The Balaban J connectivity index is 1.35. The van der Waals surface area contributed by atoms with Crippen molar-refractivity contribution in [2.24, 2.45) is 22.4 Å². The first kappa shape index (κ1) is 23.2. The van der Waals surface area contributed by atoms with Crippen molar-refractivity contribution in [1.82, 2.24) is 0 Å². The second kappa shape index (κ2) is 8.83. The number of allylic oxidation sites excluding steroid dienone is 1. The van der Waals surface area contributed by atoms with Crippen LogP contribution in [0.25, 0.3) is 6.08 Å². The molecule has 0 bridgehead atoms. The fourth-order valence-corrected chi connectivity index (χ4v) is 6.14. The molecule has 0 aromatic heterocycles. The second-order valence-electron chi connectivity index (χ2n) is 11.6. The van der Waals surface area contributed by atoms with Crippen LogP contribution in [0.1, 0.15) is 50.8 Å². The molecule has 1 saturated carbocycles. The normalized spacial score (nSPS) is 24.5. The first-order chi connectivity index (χ1) is 18.4. The standard InChI is InChI=1S/C32H32N2O4/c1-32(2,3)23-15-22(13-20-9-11-26-28(14-20)37-18-35-26)30-25(17-23)31(34(33-30)24-7-5-4-6-8-24)21-10-12-27-29(16-21)38-19-36-27/h4-14,16,23,25,31H,15,17-19H2,1-3H3/b22-13+/t23-,25-,31+/m1/s1. The summed E-state index contributed by atoms with van der Waals surface area (Å²) in [6.07, 6.45) is 4.36. The maximum absolute atomic E-state index is 5.78. The van der Waals surface area contributed by atoms with Gasteiger partial charge in [-0.2, -0.15) is 5.10 Å². The number of para-hydroxylation sites is 1. The van der Waals surface area contributed by atoms with E-state index >= 15 is 0 Å². The van der Waals surface area contributed by atoms with Gasteiger partial charge in [0.2, 0.25) is 13.6 Å². The Morgan fingerprint density at radius 3 is 2.24 bits per heavy atom. The number of hydrogen-bond acceptors (Lipinski definition) is 6. The summed E-state index contributed by atoms with van der Waals surface area (Å²) < 4.78 is 22.6. The van der Waals surface area contributed by atoms with Crippen molar-refractivity contribution in [2.45, 2.75) is 39.7 Å². The zero-order valence-electron chi connectivity index (χ0n) is 22.0. The van der Waals surface area contributed by atoms with Gasteiger partial charge < -0.3 is 18.9 Å². The van der Waals surface area contributed by atoms with Crippen LogP contribution >= 0.6 is 0 Å². The molecule has 6 nitrogen and oxygen atoms in total. The maximum atomic E-state index is 5.78. The molecule has 3 atom stereocenters. The van der Waals surface area contributed by atoms with E-state index in [-0.39, 0.29) is 31.0 Å². The van der Waals surface area contributed by atoms with E-state index in [2.05, 4.69) is 86.5 Å². The summed E-state index contributed by atoms with van der Waals surface area (Å²) in [5.74, 6) is 3.98. The van der Waals surface area contributed by atoms with Gasteiger partial charge in [-0.25, -0.2) is 0 Å². The molecule has 3 heterocycles. The van der Waals surface area contributed by atoms with Crippen LogP contribution in [-0.2, 0) is 0 Å². The summed E-state index contributed by atoms with van der Waals surface area (Å²) in [4.78, 5) is 0. The van der Waals surface area contributed by atoms with E-state index in [4.69, 9.17) is 24.0 Å². The third-order valence-corrected chi connectivity index (χ3v) is 8.27. The summed E-state index contributed by atoms with van der Waals surface area (Å²) in [6, 6.07) is 23.1. The van der Waals surface area contributed by atoms with E-state index in [0.717, 1.165) is 47.1 Å². The van der Waals surface area contributed by atoms with Crippen LogP contribution in [0.15, 0.2) is 77.4 Å². The largest absolute Gasteiger partial charge is 0.454 e. The number of ether oxygens (including phenoxy) is 4. The molecule has 4 aliphatic rings. The molecule has 0 amide bonds. The Morgan fingerprint density at radius 1 is 0.816 bits per heavy atom. The van der Waals surface area contributed by atoms with Gasteiger partial charge in [0.05, 0.1) is 17.4 Å². The fourth-order valence-electron chi connectivity index (χ4n) is 6.14. The van der Waals surface area contributed by atoms with E-state index in [1.54, 1.807) is 0 Å². The first-order valence-electron chi connectivity index (χ1n) is 13.4. The van der Waals surface area contributed by atoms with Crippen LogP contribution < -0.4 is 24.0 Å². The molecule has 6 heteroatoms. The van der Waals surface area contributed by atoms with Gasteiger partial charge in [0.15, 0.2) is 23.0 Å². The molecule has 3 aromatic carbocycles. The third kappa shape index (κ3) is 3.99. The highest BCUT2D eigenvalue weighted by molar-refractivity contribution is 6.08. The first-order valence-corrected chi connectivity index (χ1v) is 13.4. The van der Waals surface area contributed by atoms with Gasteiger partial charge in [-0.3, -0.25) is 5.01 Å². The van der Waals surface area contributed by atoms with E-state index in [0.29, 0.717) is 5.92 Å². The van der Waals surface area contributed by atoms with Crippen molar-refractivity contribution >= 4 is 17.5 Å². The van der Waals surface area contributed by atoms with E-state index in [1.807, 2.05) is 12.1 Å². The molecule has 0 unspecified atom stereocenters. The molecule has 0 saturated heterocycles. The SMILES string of the molecule is CC(C)(C)[C@@H]1C/C(=C\c2ccc3c(c2)OCO3)C2=NN(c3ccccc3)[C@@H](c3ccc4c(c3)OCO4)[C@@H]2C1. The minimum Gasteiger partial charge on any atom is -0.454 e. The molecular weight excluding hydrogens is 476 g/mol. The quantitative estimate of drug-likeness (QED) is 0.374. The number of anilines is 1. The lowest BCUT2D eigenvalue weighted by Crippen LogP contribution is -2.35. The number of hydrazone groups is 1. The lowest BCUT2D eigenvalue weighted by atomic mass is 9.65. The summed E-state index contributed by atoms with van der Waals surface area (Å²) in [6.45, 7) is 7.62. The molecule has 1 fully saturated rings. The highest BCUT2D eigenvalue weighted by Gasteiger charge is 2.46. The van der Waals surface area contributed by atoms with Crippen LogP contribution in [-0.4, -0.2) is 19.3 Å². The molecule has 0 N–H and O–H groups in total. The number of hydrogen-bond donors (Lipinski definition) is 0. The fraction of sp³-hybridized carbons (Fsp3) is 0.344. The highest BCUT2D eigenvalue weighted by atomic mass is 16.7. The monoisotopic (exact) mass is 508 g/mol. The Bertz CT molecular complexity index is 1440. The number of benzene rings is 3. The summed E-state index contributed by atoms with van der Waals surface area (Å²) in [7, 11) is 0. The van der Waals surface area contributed by atoms with Crippen molar-refractivity contribution in [2.75, 3.05) is 18.6 Å². The van der Waals surface area contributed by atoms with Gasteiger partial charge in [-0.05, 0) is 83.3 Å². The van der Waals surface area contributed by atoms with E-state index in [9.17, 15) is 0 Å². The topological polar surface area (TPSA) is 52.5 Å². The molecule has 194 valence electrons. The second-order valence-corrected chi connectivity index (χ2v) is 11.6. The Labute approximate surface area is 223 Å². The Morgan fingerprint density at radius 2 is 1.50 bits per heavy atom. The summed E-state index contributed by atoms with van der Waals surface area (Å²) in [5, 5.41) is 7.57. The predicted molar refractivity (Wildman–Crippen MR) is 148 cm³/mol. The molecular formula is C32H32N2O4. The zero-order valence-corrected chi connectivity index (χ0v) is 22.0. The van der Waals surface area contributed by atoms with Gasteiger partial charge in [0, 0.05) is 5.92 Å². The molecule has 3 aromatic rings. The third-order valence-electron chi connectivity index (χ3n) is 8.27. The average molecular weight is 509 g/mol. The molecule has 0 radical (unpaired) electrons. The van der Waals surface area contributed by atoms with Crippen molar-refractivity contribution in [3.8, 4) is 23.0 Å². The van der Waals surface area contributed by atoms with Gasteiger partial charge in [0.25, 0.3) is 0 Å². The van der Waals surface area contributed by atoms with Crippen LogP contribution in [0.5, 0.6) is 23.0 Å². The van der Waals surface area contributed by atoms with Gasteiger partial charge >= 0.3 is 0 Å². The number of fused-ring (bicyclic) bond motifs is 3. The zero-order chi connectivity index (χ0) is 25.9. The molecule has 3 aliphatic heterocycles. The van der Waals surface area contributed by atoms with Gasteiger partial charge in [-0.1, -0.05) is 51.1 Å². The summed E-state index contributed by atoms with van der Waals surface area (Å²) >= 11 is 0. The molecule has 7 rings (SSSR count). The maximum Gasteiger partial charge on any atom is 0.231 e. The van der Waals surface area contributed by atoms with E-state index < -0.39 is 0 Å². The molecule has 0 spiro atoms. The van der Waals surface area contributed by atoms with Crippen LogP contribution in [0.4, 0.5) is 5.69 Å². The van der Waals surface area contributed by atoms with E-state index in [1.165, 1.54) is 16.8 Å². The lowest BCUT2D eigenvalue weighted by Gasteiger charge is -2.40. The lowest BCUT2D eigenvalue weighted by molar-refractivity contribution is 0.173. The van der Waals surface area contributed by atoms with Crippen molar-refractivity contribution in [3.05, 3.63) is 83.4 Å². The highest BCUT2D eigenvalue weighted by Crippen LogP contribution is 2.52. The van der Waals surface area contributed by atoms with Crippen LogP contribution in [0.3, 0.4) is 0 Å². The number of nitrogens with zero attached hydrogens (tertiary/aromatic N) is 2. The van der Waals surface area contributed by atoms with Gasteiger partial charge in [-0.15, -0.1) is 0 Å². The molecule has 38 heavy (non-hydrogen) atoms.